The second-order valence-electron chi connectivity index (χ2n) is 9.29. The van der Waals surface area contributed by atoms with Crippen LogP contribution in [0.5, 0.6) is 0 Å². The molecule has 0 saturated heterocycles. The summed E-state index contributed by atoms with van der Waals surface area (Å²) >= 11 is 0. The van der Waals surface area contributed by atoms with Crippen LogP contribution in [0.3, 0.4) is 0 Å². The molecule has 2 saturated carbocycles. The van der Waals surface area contributed by atoms with Gasteiger partial charge in [0, 0.05) is 16.6 Å². The lowest BCUT2D eigenvalue weighted by atomic mass is 9.93. The number of hydrogen-bond acceptors (Lipinski definition) is 1. The average Bonchev–Trinajstić information content (AvgIpc) is 3.37. The number of hydrogen-bond donors (Lipinski definition) is 0. The molecular weight excluding hydrogens is 347 g/mol. The van der Waals surface area contributed by atoms with Gasteiger partial charge in [0.05, 0.1) is 0 Å². The summed E-state index contributed by atoms with van der Waals surface area (Å²) in [5.41, 5.74) is 5.25. The van der Waals surface area contributed by atoms with Crippen molar-refractivity contribution in [3.63, 3.8) is 0 Å². The number of rotatable bonds is 4. The third-order valence-corrected chi connectivity index (χ3v) is 12.2. The summed E-state index contributed by atoms with van der Waals surface area (Å²) < 4.78 is 15.2. The fourth-order valence-corrected chi connectivity index (χ4v) is 11.4. The van der Waals surface area contributed by atoms with E-state index in [1.165, 1.54) is 92.7 Å². The fraction of sp³-hybridized carbons (Fsp3) is 0.600. The van der Waals surface area contributed by atoms with Crippen molar-refractivity contribution in [1.82, 2.24) is 0 Å². The summed E-state index contributed by atoms with van der Waals surface area (Å²) in [7, 11) is -2.37. The molecule has 2 heteroatoms. The van der Waals surface area contributed by atoms with Crippen LogP contribution in [0.15, 0.2) is 47.3 Å². The minimum atomic E-state index is -2.37. The Morgan fingerprint density at radius 2 is 1.37 bits per heavy atom. The Morgan fingerprint density at radius 1 is 0.778 bits per heavy atom. The van der Waals surface area contributed by atoms with Crippen molar-refractivity contribution in [3.05, 3.63) is 52.9 Å². The Hall–Kier alpha value is -1.07. The van der Waals surface area contributed by atoms with E-state index >= 15 is 4.57 Å². The van der Waals surface area contributed by atoms with Crippen LogP contribution in [0.25, 0.3) is 5.57 Å². The predicted octanol–water partition coefficient (Wildman–Crippen LogP) is 7.78. The average molecular weight is 381 g/mol. The standard InChI is InChI=1S/C25H33OP/c26-27(22-12-6-2-7-13-22,23-14-8-3-9-15-23)25-21-17-16-20(18-21)24(25)19-10-4-1-5-11-19/h1,4-5,10-11,17,20,22-23H,2-3,6-9,12-16,18H2. The molecule has 1 aromatic carbocycles. The summed E-state index contributed by atoms with van der Waals surface area (Å²) in [5.74, 6) is 0.595. The fourth-order valence-electron chi connectivity index (χ4n) is 6.49. The van der Waals surface area contributed by atoms with Crippen LogP contribution in [-0.2, 0) is 4.57 Å². The summed E-state index contributed by atoms with van der Waals surface area (Å²) in [4.78, 5) is 0. The Labute approximate surface area is 164 Å². The topological polar surface area (TPSA) is 17.1 Å². The van der Waals surface area contributed by atoms with E-state index in [0.717, 1.165) is 6.42 Å². The van der Waals surface area contributed by atoms with E-state index in [1.807, 2.05) is 0 Å². The lowest BCUT2D eigenvalue weighted by Gasteiger charge is -2.40. The van der Waals surface area contributed by atoms with Gasteiger partial charge < -0.3 is 4.57 Å². The molecule has 1 aromatic rings. The molecule has 5 rings (SSSR count). The zero-order valence-corrected chi connectivity index (χ0v) is 17.4. The van der Waals surface area contributed by atoms with Gasteiger partial charge in [0.15, 0.2) is 0 Å². The lowest BCUT2D eigenvalue weighted by Crippen LogP contribution is -2.25. The second kappa shape index (κ2) is 7.40. The van der Waals surface area contributed by atoms with Crippen LogP contribution in [-0.4, -0.2) is 11.3 Å². The maximum absolute atomic E-state index is 15.2. The van der Waals surface area contributed by atoms with Gasteiger partial charge in [0.2, 0.25) is 0 Å². The Morgan fingerprint density at radius 3 is 1.96 bits per heavy atom. The minimum absolute atomic E-state index is 0.461. The number of allylic oxidation sites excluding steroid dienone is 4. The molecule has 4 aliphatic rings. The molecule has 144 valence electrons. The van der Waals surface area contributed by atoms with Crippen LogP contribution in [0.4, 0.5) is 0 Å². The number of benzene rings is 1. The first kappa shape index (κ1) is 18.0. The predicted molar refractivity (Wildman–Crippen MR) is 116 cm³/mol. The SMILES string of the molecule is O=P(C1=C(c2ccccc2)C2CC=C1C2)(C1CCCCC1)C1CCCCC1. The molecule has 0 heterocycles. The van der Waals surface area contributed by atoms with Gasteiger partial charge in [-0.25, -0.2) is 0 Å². The lowest BCUT2D eigenvalue weighted by molar-refractivity contribution is 0.451. The van der Waals surface area contributed by atoms with Gasteiger partial charge >= 0.3 is 0 Å². The molecule has 2 fully saturated rings. The second-order valence-corrected chi connectivity index (χ2v) is 12.6. The summed E-state index contributed by atoms with van der Waals surface area (Å²) in [5, 5.41) is 1.39. The monoisotopic (exact) mass is 380 g/mol. The van der Waals surface area contributed by atoms with E-state index in [1.54, 1.807) is 0 Å². The maximum atomic E-state index is 15.2. The highest BCUT2D eigenvalue weighted by atomic mass is 31.2. The molecular formula is C25H33OP. The van der Waals surface area contributed by atoms with Crippen molar-refractivity contribution < 1.29 is 4.57 Å². The van der Waals surface area contributed by atoms with Crippen LogP contribution >= 0.6 is 7.14 Å². The van der Waals surface area contributed by atoms with Gasteiger partial charge in [0.25, 0.3) is 0 Å². The van der Waals surface area contributed by atoms with Gasteiger partial charge in [-0.1, -0.05) is 74.9 Å². The molecule has 0 amide bonds. The van der Waals surface area contributed by atoms with E-state index < -0.39 is 7.14 Å². The summed E-state index contributed by atoms with van der Waals surface area (Å²) in [6.07, 6.45) is 17.4. The highest BCUT2D eigenvalue weighted by Gasteiger charge is 2.50. The number of fused-ring (bicyclic) bond motifs is 2. The summed E-state index contributed by atoms with van der Waals surface area (Å²) in [6, 6.07) is 11.0. The molecule has 0 spiro atoms. The molecule has 1 nitrogen and oxygen atoms in total. The van der Waals surface area contributed by atoms with Crippen LogP contribution in [0, 0.1) is 5.92 Å². The molecule has 0 aliphatic heterocycles. The van der Waals surface area contributed by atoms with E-state index in [4.69, 9.17) is 0 Å². The third kappa shape index (κ3) is 3.02. The Balaban J connectivity index is 1.66. The summed E-state index contributed by atoms with van der Waals surface area (Å²) in [6.45, 7) is 0. The molecule has 0 N–H and O–H groups in total. The molecule has 4 aliphatic carbocycles. The highest BCUT2D eigenvalue weighted by molar-refractivity contribution is 7.70. The van der Waals surface area contributed by atoms with Crippen LogP contribution in [0.1, 0.15) is 82.6 Å². The normalized spacial score (nSPS) is 27.3. The van der Waals surface area contributed by atoms with Gasteiger partial charge in [-0.15, -0.1) is 0 Å². The highest BCUT2D eigenvalue weighted by Crippen LogP contribution is 2.74. The Bertz CT molecular complexity index is 769. The van der Waals surface area contributed by atoms with E-state index in [-0.39, 0.29) is 0 Å². The zero-order valence-electron chi connectivity index (χ0n) is 16.5. The van der Waals surface area contributed by atoms with Crippen LogP contribution in [0.2, 0.25) is 0 Å². The zero-order chi connectivity index (χ0) is 18.3. The quantitative estimate of drug-likeness (QED) is 0.487. The first-order valence-electron chi connectivity index (χ1n) is 11.4. The minimum Gasteiger partial charge on any atom is -0.318 e. The molecule has 0 radical (unpaired) electrons. The van der Waals surface area contributed by atoms with Crippen molar-refractivity contribution in [1.29, 1.82) is 0 Å². The smallest absolute Gasteiger partial charge is 0.122 e. The maximum Gasteiger partial charge on any atom is 0.122 e. The van der Waals surface area contributed by atoms with Crippen molar-refractivity contribution in [2.75, 3.05) is 0 Å². The van der Waals surface area contributed by atoms with Gasteiger partial charge in [-0.3, -0.25) is 0 Å². The van der Waals surface area contributed by atoms with Crippen molar-refractivity contribution >= 4 is 12.7 Å². The van der Waals surface area contributed by atoms with Gasteiger partial charge in [-0.05, 0) is 61.2 Å². The first-order valence-corrected chi connectivity index (χ1v) is 13.2. The van der Waals surface area contributed by atoms with Crippen LogP contribution < -0.4 is 0 Å². The van der Waals surface area contributed by atoms with Crippen molar-refractivity contribution in [3.8, 4) is 0 Å². The van der Waals surface area contributed by atoms with Gasteiger partial charge in [-0.2, -0.15) is 0 Å². The molecule has 1 unspecified atom stereocenters. The van der Waals surface area contributed by atoms with E-state index in [2.05, 4.69) is 36.4 Å². The Kier molecular flexibility index (Phi) is 4.93. The molecule has 2 bridgehead atoms. The molecule has 27 heavy (non-hydrogen) atoms. The van der Waals surface area contributed by atoms with E-state index in [9.17, 15) is 0 Å². The van der Waals surface area contributed by atoms with Crippen molar-refractivity contribution in [2.45, 2.75) is 88.4 Å². The largest absolute Gasteiger partial charge is 0.318 e. The van der Waals surface area contributed by atoms with Gasteiger partial charge in [0.1, 0.15) is 7.14 Å². The molecule has 0 aromatic heterocycles. The van der Waals surface area contributed by atoms with E-state index in [0.29, 0.717) is 17.2 Å². The van der Waals surface area contributed by atoms with Crippen molar-refractivity contribution in [2.24, 2.45) is 5.92 Å². The molecule has 1 atom stereocenters. The third-order valence-electron chi connectivity index (χ3n) is 7.75. The first-order chi connectivity index (χ1) is 13.3.